The maximum atomic E-state index is 5.15. The van der Waals surface area contributed by atoms with Gasteiger partial charge in [0, 0.05) is 12.2 Å². The lowest BCUT2D eigenvalue weighted by atomic mass is 10.5. The second-order valence-corrected chi connectivity index (χ2v) is 1.16. The van der Waals surface area contributed by atoms with Crippen molar-refractivity contribution in [2.24, 2.45) is 5.73 Å². The summed E-state index contributed by atoms with van der Waals surface area (Å²) >= 11 is 0. The highest BCUT2D eigenvalue weighted by molar-refractivity contribution is 4.95. The van der Waals surface area contributed by atoms with Crippen molar-refractivity contribution in [3.05, 3.63) is 25.1 Å². The van der Waals surface area contributed by atoms with E-state index in [4.69, 9.17) is 5.73 Å². The van der Waals surface area contributed by atoms with E-state index in [-0.39, 0.29) is 0 Å². The molecule has 0 aromatic heterocycles. The Labute approximate surface area is 43.7 Å². The molecule has 40 valence electrons. The largest absolute Gasteiger partial charge is 0.365 e. The second kappa shape index (κ2) is 3.43. The Morgan fingerprint density at radius 1 is 1.86 bits per heavy atom. The minimum absolute atomic E-state index is 0.464. The van der Waals surface area contributed by atoms with Gasteiger partial charge in [0.1, 0.15) is 0 Å². The van der Waals surface area contributed by atoms with Gasteiger partial charge in [0.15, 0.2) is 0 Å². The van der Waals surface area contributed by atoms with Gasteiger partial charge in [0.2, 0.25) is 0 Å². The van der Waals surface area contributed by atoms with Crippen LogP contribution in [0.1, 0.15) is 0 Å². The predicted molar refractivity (Wildman–Crippen MR) is 31.5 cm³/mol. The topological polar surface area (TPSA) is 38.0 Å². The molecule has 0 heterocycles. The Kier molecular flexibility index (Phi) is 3.06. The molecule has 0 bridgehead atoms. The third-order valence-corrected chi connectivity index (χ3v) is 0.553. The molecule has 3 N–H and O–H groups in total. The zero-order chi connectivity index (χ0) is 5.70. The Bertz CT molecular complexity index is 76.1. The van der Waals surface area contributed by atoms with Crippen LogP contribution in [0.25, 0.3) is 0 Å². The SMILES string of the molecule is C=CNC(=C)CN. The molecular formula is C5H10N2. The third-order valence-electron chi connectivity index (χ3n) is 0.553. The molecule has 0 aromatic carbocycles. The van der Waals surface area contributed by atoms with Crippen LogP contribution in [0, 0.1) is 0 Å². The third kappa shape index (κ3) is 3.06. The average Bonchev–Trinajstić information content (AvgIpc) is 1.68. The van der Waals surface area contributed by atoms with Crippen LogP contribution in [0.5, 0.6) is 0 Å². The van der Waals surface area contributed by atoms with Gasteiger partial charge in [-0.2, -0.15) is 0 Å². The molecule has 2 heteroatoms. The van der Waals surface area contributed by atoms with Crippen LogP contribution in [0.15, 0.2) is 25.1 Å². The number of nitrogens with one attached hydrogen (secondary N) is 1. The zero-order valence-electron chi connectivity index (χ0n) is 4.28. The van der Waals surface area contributed by atoms with Crippen LogP contribution in [0.2, 0.25) is 0 Å². The first-order chi connectivity index (χ1) is 3.31. The smallest absolute Gasteiger partial charge is 0.0326 e. The highest BCUT2D eigenvalue weighted by Crippen LogP contribution is 1.73. The van der Waals surface area contributed by atoms with Gasteiger partial charge in [-0.1, -0.05) is 13.2 Å². The summed E-state index contributed by atoms with van der Waals surface area (Å²) in [6.07, 6.45) is 1.55. The summed E-state index contributed by atoms with van der Waals surface area (Å²) in [5, 5.41) is 2.74. The summed E-state index contributed by atoms with van der Waals surface area (Å²) in [6.45, 7) is 7.44. The van der Waals surface area contributed by atoms with Crippen molar-refractivity contribution in [3.8, 4) is 0 Å². The molecule has 0 aliphatic rings. The number of nitrogens with two attached hydrogens (primary N) is 1. The minimum atomic E-state index is 0.464. The van der Waals surface area contributed by atoms with E-state index < -0.39 is 0 Å². The lowest BCUT2D eigenvalue weighted by molar-refractivity contribution is 0.985. The molecule has 0 atom stereocenters. The van der Waals surface area contributed by atoms with E-state index in [9.17, 15) is 0 Å². The van der Waals surface area contributed by atoms with Gasteiger partial charge in [-0.3, -0.25) is 0 Å². The molecule has 0 unspecified atom stereocenters. The van der Waals surface area contributed by atoms with E-state index >= 15 is 0 Å². The molecule has 0 spiro atoms. The molecule has 0 aliphatic heterocycles. The quantitative estimate of drug-likeness (QED) is 0.529. The van der Waals surface area contributed by atoms with E-state index in [1.807, 2.05) is 0 Å². The highest BCUT2D eigenvalue weighted by Gasteiger charge is 1.77. The molecule has 0 radical (unpaired) electrons. The lowest BCUT2D eigenvalue weighted by Crippen LogP contribution is -2.12. The number of hydrogen-bond donors (Lipinski definition) is 2. The van der Waals surface area contributed by atoms with E-state index in [1.54, 1.807) is 6.20 Å². The molecule has 0 aromatic rings. The Balaban J connectivity index is 3.17. The monoisotopic (exact) mass is 98.1 g/mol. The summed E-state index contributed by atoms with van der Waals surface area (Å²) in [5.74, 6) is 0. The molecular weight excluding hydrogens is 88.1 g/mol. The van der Waals surface area contributed by atoms with E-state index in [1.165, 1.54) is 0 Å². The Hall–Kier alpha value is -0.760. The van der Waals surface area contributed by atoms with E-state index in [0.29, 0.717) is 6.54 Å². The van der Waals surface area contributed by atoms with Crippen molar-refractivity contribution in [2.45, 2.75) is 0 Å². The fourth-order valence-electron chi connectivity index (χ4n) is 0.203. The van der Waals surface area contributed by atoms with Crippen molar-refractivity contribution in [1.82, 2.24) is 5.32 Å². The predicted octanol–water partition coefficient (Wildman–Crippen LogP) is 0.192. The van der Waals surface area contributed by atoms with Crippen LogP contribution in [-0.2, 0) is 0 Å². The normalized spacial score (nSPS) is 7.57. The molecule has 0 rings (SSSR count). The summed E-state index contributed by atoms with van der Waals surface area (Å²) in [4.78, 5) is 0. The molecule has 0 fully saturated rings. The maximum absolute atomic E-state index is 5.15. The minimum Gasteiger partial charge on any atom is -0.365 e. The van der Waals surface area contributed by atoms with Gasteiger partial charge in [0.25, 0.3) is 0 Å². The molecule has 2 nitrogen and oxygen atoms in total. The summed E-state index contributed by atoms with van der Waals surface area (Å²) in [5.41, 5.74) is 5.94. The lowest BCUT2D eigenvalue weighted by Gasteiger charge is -1.96. The highest BCUT2D eigenvalue weighted by atomic mass is 14.9. The fourth-order valence-corrected chi connectivity index (χ4v) is 0.203. The zero-order valence-corrected chi connectivity index (χ0v) is 4.28. The summed E-state index contributed by atoms with van der Waals surface area (Å²) in [6, 6.07) is 0. The molecule has 0 saturated heterocycles. The Morgan fingerprint density at radius 3 is 2.57 bits per heavy atom. The van der Waals surface area contributed by atoms with Crippen LogP contribution >= 0.6 is 0 Å². The van der Waals surface area contributed by atoms with Gasteiger partial charge in [0.05, 0.1) is 0 Å². The van der Waals surface area contributed by atoms with Crippen LogP contribution < -0.4 is 11.1 Å². The molecule has 0 amide bonds. The van der Waals surface area contributed by atoms with Crippen molar-refractivity contribution in [3.63, 3.8) is 0 Å². The van der Waals surface area contributed by atoms with Gasteiger partial charge in [-0.25, -0.2) is 0 Å². The molecule has 0 aliphatic carbocycles. The Morgan fingerprint density at radius 2 is 2.43 bits per heavy atom. The van der Waals surface area contributed by atoms with Crippen molar-refractivity contribution in [2.75, 3.05) is 6.54 Å². The summed E-state index contributed by atoms with van der Waals surface area (Å²) in [7, 11) is 0. The van der Waals surface area contributed by atoms with Gasteiger partial charge < -0.3 is 11.1 Å². The first-order valence-electron chi connectivity index (χ1n) is 2.06. The molecule has 7 heavy (non-hydrogen) atoms. The maximum Gasteiger partial charge on any atom is 0.0326 e. The van der Waals surface area contributed by atoms with Crippen LogP contribution in [0.3, 0.4) is 0 Å². The summed E-state index contributed by atoms with van der Waals surface area (Å²) < 4.78 is 0. The van der Waals surface area contributed by atoms with Crippen molar-refractivity contribution < 1.29 is 0 Å². The van der Waals surface area contributed by atoms with Crippen LogP contribution in [-0.4, -0.2) is 6.54 Å². The van der Waals surface area contributed by atoms with Gasteiger partial charge in [-0.05, 0) is 6.20 Å². The standard InChI is InChI=1S/C5H10N2/c1-3-7-5(2)4-6/h3,7H,1-2,4,6H2. The first-order valence-corrected chi connectivity index (χ1v) is 2.06. The van der Waals surface area contributed by atoms with Crippen molar-refractivity contribution in [1.29, 1.82) is 0 Å². The number of rotatable bonds is 3. The fraction of sp³-hybridized carbons (Fsp3) is 0.200. The van der Waals surface area contributed by atoms with Gasteiger partial charge in [-0.15, -0.1) is 0 Å². The number of hydrogen-bond acceptors (Lipinski definition) is 2. The first kappa shape index (κ1) is 6.24. The van der Waals surface area contributed by atoms with Gasteiger partial charge >= 0.3 is 0 Å². The average molecular weight is 98.1 g/mol. The van der Waals surface area contributed by atoms with E-state index in [0.717, 1.165) is 5.70 Å². The van der Waals surface area contributed by atoms with E-state index in [2.05, 4.69) is 18.5 Å². The van der Waals surface area contributed by atoms with Crippen LogP contribution in [0.4, 0.5) is 0 Å². The second-order valence-electron chi connectivity index (χ2n) is 1.16. The van der Waals surface area contributed by atoms with Crippen molar-refractivity contribution >= 4 is 0 Å². The molecule has 0 saturated carbocycles.